The predicted octanol–water partition coefficient (Wildman–Crippen LogP) is 4.23. The number of aromatic nitrogens is 4. The molecule has 3 rings (SSSR count). The lowest BCUT2D eigenvalue weighted by Gasteiger charge is -2.19. The van der Waals surface area contributed by atoms with Gasteiger partial charge in [0.2, 0.25) is 0 Å². The highest BCUT2D eigenvalue weighted by atomic mass is 35.5. The summed E-state index contributed by atoms with van der Waals surface area (Å²) in [6.07, 6.45) is -2.79. The standard InChI is InChI=1S/C18H16ClF4N5O2S/c1-8-15(18(21,22)23)24-7-13(25-8)27-14(10-4-5-12(20)11(19)6-10)16-26-9(2)17(28-16)31(3,29)30/h4-7,14H,1-3H3,(H,25,27)(H,26,28). The molecule has 2 heterocycles. The molecule has 31 heavy (non-hydrogen) atoms. The van der Waals surface area contributed by atoms with Gasteiger partial charge >= 0.3 is 6.18 Å². The molecule has 0 saturated heterocycles. The molecule has 0 aliphatic rings. The van der Waals surface area contributed by atoms with E-state index in [1.807, 2.05) is 0 Å². The Balaban J connectivity index is 2.09. The van der Waals surface area contributed by atoms with E-state index in [1.165, 1.54) is 19.1 Å². The number of benzene rings is 1. The van der Waals surface area contributed by atoms with Gasteiger partial charge in [0, 0.05) is 6.26 Å². The SMILES string of the molecule is Cc1nc(NC(c2ccc(F)c(Cl)c2)c2nc(S(C)(=O)=O)c(C)[nH]2)cnc1C(F)(F)F. The molecule has 166 valence electrons. The summed E-state index contributed by atoms with van der Waals surface area (Å²) in [5.41, 5.74) is -0.875. The highest BCUT2D eigenvalue weighted by molar-refractivity contribution is 7.90. The zero-order valence-corrected chi connectivity index (χ0v) is 17.9. The van der Waals surface area contributed by atoms with Gasteiger partial charge in [-0.3, -0.25) is 0 Å². The molecule has 0 radical (unpaired) electrons. The first kappa shape index (κ1) is 22.9. The molecule has 13 heteroatoms. The number of H-pyrrole nitrogens is 1. The van der Waals surface area contributed by atoms with Crippen molar-refractivity contribution in [3.63, 3.8) is 0 Å². The first-order valence-electron chi connectivity index (χ1n) is 8.66. The van der Waals surface area contributed by atoms with Gasteiger partial charge in [-0.2, -0.15) is 13.2 Å². The summed E-state index contributed by atoms with van der Waals surface area (Å²) >= 11 is 5.87. The summed E-state index contributed by atoms with van der Waals surface area (Å²) in [6.45, 7) is 2.66. The smallest absolute Gasteiger partial charge is 0.355 e. The molecule has 0 saturated carbocycles. The fraction of sp³-hybridized carbons (Fsp3) is 0.278. The van der Waals surface area contributed by atoms with Gasteiger partial charge in [-0.15, -0.1) is 0 Å². The van der Waals surface area contributed by atoms with Crippen LogP contribution in [0.2, 0.25) is 5.02 Å². The molecule has 2 aromatic heterocycles. The van der Waals surface area contributed by atoms with Gasteiger partial charge in [0.15, 0.2) is 20.6 Å². The second-order valence-electron chi connectivity index (χ2n) is 6.76. The van der Waals surface area contributed by atoms with Crippen molar-refractivity contribution in [2.75, 3.05) is 11.6 Å². The van der Waals surface area contributed by atoms with Crippen LogP contribution in [0.25, 0.3) is 0 Å². The number of aromatic amines is 1. The van der Waals surface area contributed by atoms with Crippen molar-refractivity contribution in [1.82, 2.24) is 19.9 Å². The van der Waals surface area contributed by atoms with Crippen LogP contribution in [0.1, 0.15) is 34.5 Å². The van der Waals surface area contributed by atoms with Crippen LogP contribution in [0.4, 0.5) is 23.4 Å². The van der Waals surface area contributed by atoms with Crippen LogP contribution in [0.15, 0.2) is 29.4 Å². The molecule has 0 fully saturated rings. The number of anilines is 1. The first-order chi connectivity index (χ1) is 14.3. The van der Waals surface area contributed by atoms with Gasteiger partial charge in [-0.1, -0.05) is 17.7 Å². The van der Waals surface area contributed by atoms with Crippen molar-refractivity contribution in [3.05, 3.63) is 63.7 Å². The molecule has 3 aromatic rings. The molecule has 0 spiro atoms. The Morgan fingerprint density at radius 1 is 1.19 bits per heavy atom. The van der Waals surface area contributed by atoms with Crippen molar-refractivity contribution in [3.8, 4) is 0 Å². The largest absolute Gasteiger partial charge is 0.435 e. The van der Waals surface area contributed by atoms with E-state index < -0.39 is 33.6 Å². The minimum absolute atomic E-state index is 0.0362. The van der Waals surface area contributed by atoms with Crippen molar-refractivity contribution in [2.24, 2.45) is 0 Å². The zero-order chi connectivity index (χ0) is 23.1. The highest BCUT2D eigenvalue weighted by Gasteiger charge is 2.35. The fourth-order valence-corrected chi connectivity index (χ4v) is 4.00. The van der Waals surface area contributed by atoms with E-state index in [4.69, 9.17) is 11.6 Å². The van der Waals surface area contributed by atoms with Crippen LogP contribution in [0, 0.1) is 19.7 Å². The number of hydrogen-bond acceptors (Lipinski definition) is 6. The van der Waals surface area contributed by atoms with Crippen LogP contribution in [0.5, 0.6) is 0 Å². The Hall–Kier alpha value is -2.73. The van der Waals surface area contributed by atoms with Crippen molar-refractivity contribution < 1.29 is 26.0 Å². The molecule has 0 aliphatic carbocycles. The number of aryl methyl sites for hydroxylation is 2. The maximum atomic E-state index is 13.6. The number of nitrogens with zero attached hydrogens (tertiary/aromatic N) is 3. The van der Waals surface area contributed by atoms with Gasteiger partial charge in [-0.25, -0.2) is 27.8 Å². The summed E-state index contributed by atoms with van der Waals surface area (Å²) in [5.74, 6) is -0.604. The molecule has 0 amide bonds. The maximum absolute atomic E-state index is 13.6. The van der Waals surface area contributed by atoms with E-state index >= 15 is 0 Å². The molecule has 7 nitrogen and oxygen atoms in total. The van der Waals surface area contributed by atoms with Crippen LogP contribution in [0.3, 0.4) is 0 Å². The van der Waals surface area contributed by atoms with Gasteiger partial charge in [-0.05, 0) is 31.5 Å². The molecular weight excluding hydrogens is 462 g/mol. The Kier molecular flexibility index (Phi) is 5.98. The van der Waals surface area contributed by atoms with Crippen molar-refractivity contribution >= 4 is 27.3 Å². The van der Waals surface area contributed by atoms with E-state index in [9.17, 15) is 26.0 Å². The normalized spacial score (nSPS) is 13.3. The topological polar surface area (TPSA) is 101 Å². The lowest BCUT2D eigenvalue weighted by atomic mass is 10.1. The summed E-state index contributed by atoms with van der Waals surface area (Å²) in [7, 11) is -3.65. The molecule has 1 aromatic carbocycles. The second kappa shape index (κ2) is 8.08. The van der Waals surface area contributed by atoms with E-state index in [0.717, 1.165) is 25.4 Å². The zero-order valence-electron chi connectivity index (χ0n) is 16.3. The Labute approximate surface area is 179 Å². The summed E-state index contributed by atoms with van der Waals surface area (Å²) in [4.78, 5) is 14.3. The minimum Gasteiger partial charge on any atom is -0.355 e. The second-order valence-corrected chi connectivity index (χ2v) is 9.10. The molecule has 2 N–H and O–H groups in total. The Morgan fingerprint density at radius 3 is 2.39 bits per heavy atom. The number of sulfone groups is 1. The van der Waals surface area contributed by atoms with Crippen molar-refractivity contribution in [2.45, 2.75) is 31.1 Å². The minimum atomic E-state index is -4.66. The van der Waals surface area contributed by atoms with Crippen LogP contribution in [-0.2, 0) is 16.0 Å². The molecular formula is C18H16ClF4N5O2S. The number of halogens is 5. The van der Waals surface area contributed by atoms with E-state index in [0.29, 0.717) is 5.56 Å². The molecule has 1 unspecified atom stereocenters. The average molecular weight is 478 g/mol. The number of hydrogen-bond donors (Lipinski definition) is 2. The number of alkyl halides is 3. The average Bonchev–Trinajstić information content (AvgIpc) is 3.03. The van der Waals surface area contributed by atoms with E-state index in [2.05, 4.69) is 25.3 Å². The lowest BCUT2D eigenvalue weighted by molar-refractivity contribution is -0.141. The van der Waals surface area contributed by atoms with Crippen LogP contribution in [-0.4, -0.2) is 34.6 Å². The summed E-state index contributed by atoms with van der Waals surface area (Å²) < 4.78 is 76.5. The third-order valence-electron chi connectivity index (χ3n) is 4.27. The lowest BCUT2D eigenvalue weighted by Crippen LogP contribution is -2.18. The van der Waals surface area contributed by atoms with Crippen molar-refractivity contribution in [1.29, 1.82) is 0 Å². The Bertz CT molecular complexity index is 1240. The number of imidazole rings is 1. The quantitative estimate of drug-likeness (QED) is 0.533. The Morgan fingerprint density at radius 2 is 1.87 bits per heavy atom. The molecule has 0 aliphatic heterocycles. The fourth-order valence-electron chi connectivity index (χ4n) is 2.94. The van der Waals surface area contributed by atoms with Crippen LogP contribution < -0.4 is 5.32 Å². The first-order valence-corrected chi connectivity index (χ1v) is 10.9. The summed E-state index contributed by atoms with van der Waals surface area (Å²) in [5, 5.41) is 2.46. The van der Waals surface area contributed by atoms with E-state index in [-0.39, 0.29) is 33.1 Å². The van der Waals surface area contributed by atoms with Gasteiger partial charge in [0.25, 0.3) is 0 Å². The summed E-state index contributed by atoms with van der Waals surface area (Å²) in [6, 6.07) is 2.82. The monoisotopic (exact) mass is 477 g/mol. The predicted molar refractivity (Wildman–Crippen MR) is 105 cm³/mol. The molecule has 1 atom stereocenters. The number of nitrogens with one attached hydrogen (secondary N) is 2. The van der Waals surface area contributed by atoms with Gasteiger partial charge in [0.1, 0.15) is 23.5 Å². The van der Waals surface area contributed by atoms with Gasteiger partial charge in [0.05, 0.1) is 22.6 Å². The third kappa shape index (κ3) is 4.96. The van der Waals surface area contributed by atoms with Gasteiger partial charge < -0.3 is 10.3 Å². The van der Waals surface area contributed by atoms with Crippen LogP contribution >= 0.6 is 11.6 Å². The maximum Gasteiger partial charge on any atom is 0.435 e. The highest BCUT2D eigenvalue weighted by Crippen LogP contribution is 2.32. The van der Waals surface area contributed by atoms with E-state index in [1.54, 1.807) is 0 Å². The molecule has 0 bridgehead atoms. The number of rotatable bonds is 5. The third-order valence-corrected chi connectivity index (χ3v) is 5.66.